The fraction of sp³-hybridized carbons (Fsp3) is 0.727. The molecule has 0 unspecified atom stereocenters. The van der Waals surface area contributed by atoms with Gasteiger partial charge in [0.05, 0.1) is 0 Å². The lowest BCUT2D eigenvalue weighted by molar-refractivity contribution is -0.105. The Bertz CT molecular complexity index is 158. The zero-order valence-corrected chi connectivity index (χ0v) is 7.72. The summed E-state index contributed by atoms with van der Waals surface area (Å²) < 4.78 is 0. The van der Waals surface area contributed by atoms with Crippen LogP contribution in [0.15, 0.2) is 11.6 Å². The molecule has 0 heterocycles. The van der Waals surface area contributed by atoms with E-state index in [1.807, 2.05) is 0 Å². The Morgan fingerprint density at radius 2 is 1.67 bits per heavy atom. The summed E-state index contributed by atoms with van der Waals surface area (Å²) in [6.45, 7) is 0. The Hall–Kier alpha value is -0.590. The molecule has 0 spiro atoms. The molecule has 0 radical (unpaired) electrons. The molecule has 1 rings (SSSR count). The van der Waals surface area contributed by atoms with Gasteiger partial charge in [-0.2, -0.15) is 0 Å². The topological polar surface area (TPSA) is 17.1 Å². The fourth-order valence-corrected chi connectivity index (χ4v) is 1.68. The standard InChI is InChI=1S/C11H18O/c12-10-11-8-6-4-2-1-3-5-7-9-11/h8,10H,1-7,9H2/b11-8+. The first-order chi connectivity index (χ1) is 5.93. The van der Waals surface area contributed by atoms with Crippen LogP contribution < -0.4 is 0 Å². The molecule has 0 aromatic heterocycles. The smallest absolute Gasteiger partial charge is 0.145 e. The van der Waals surface area contributed by atoms with Crippen molar-refractivity contribution in [1.82, 2.24) is 0 Å². The second kappa shape index (κ2) is 5.99. The van der Waals surface area contributed by atoms with Crippen LogP contribution in [-0.2, 0) is 4.79 Å². The third-order valence-corrected chi connectivity index (χ3v) is 2.48. The first-order valence-corrected chi connectivity index (χ1v) is 5.07. The van der Waals surface area contributed by atoms with E-state index in [0.717, 1.165) is 24.7 Å². The van der Waals surface area contributed by atoms with E-state index in [4.69, 9.17) is 0 Å². The van der Waals surface area contributed by atoms with Gasteiger partial charge in [-0.05, 0) is 31.3 Å². The van der Waals surface area contributed by atoms with Crippen LogP contribution in [0, 0.1) is 0 Å². The van der Waals surface area contributed by atoms with E-state index < -0.39 is 0 Å². The highest BCUT2D eigenvalue weighted by atomic mass is 16.1. The van der Waals surface area contributed by atoms with Gasteiger partial charge in [0.1, 0.15) is 6.29 Å². The van der Waals surface area contributed by atoms with E-state index in [1.54, 1.807) is 0 Å². The Kier molecular flexibility index (Phi) is 4.74. The van der Waals surface area contributed by atoms with Gasteiger partial charge in [0.25, 0.3) is 0 Å². The Labute approximate surface area is 74.9 Å². The van der Waals surface area contributed by atoms with E-state index in [-0.39, 0.29) is 0 Å². The van der Waals surface area contributed by atoms with Crippen molar-refractivity contribution in [1.29, 1.82) is 0 Å². The maximum atomic E-state index is 10.6. The van der Waals surface area contributed by atoms with Gasteiger partial charge in [0, 0.05) is 0 Å². The van der Waals surface area contributed by atoms with Crippen molar-refractivity contribution in [3.8, 4) is 0 Å². The van der Waals surface area contributed by atoms with Crippen LogP contribution in [0.4, 0.5) is 0 Å². The molecular formula is C11H18O. The predicted octanol–water partition coefficient (Wildman–Crippen LogP) is 3.25. The second-order valence-corrected chi connectivity index (χ2v) is 3.56. The first-order valence-electron chi connectivity index (χ1n) is 5.07. The molecule has 0 aliphatic heterocycles. The Morgan fingerprint density at radius 1 is 1.00 bits per heavy atom. The summed E-state index contributed by atoms with van der Waals surface area (Å²) >= 11 is 0. The van der Waals surface area contributed by atoms with Crippen molar-refractivity contribution >= 4 is 6.29 Å². The van der Waals surface area contributed by atoms with Crippen molar-refractivity contribution in [2.45, 2.75) is 51.4 Å². The monoisotopic (exact) mass is 166 g/mol. The number of hydrogen-bond donors (Lipinski definition) is 0. The minimum absolute atomic E-state index is 1.00. The van der Waals surface area contributed by atoms with Gasteiger partial charge < -0.3 is 0 Å². The molecule has 0 atom stereocenters. The van der Waals surface area contributed by atoms with Crippen molar-refractivity contribution in [2.24, 2.45) is 0 Å². The number of rotatable bonds is 1. The maximum Gasteiger partial charge on any atom is 0.145 e. The van der Waals surface area contributed by atoms with Gasteiger partial charge >= 0.3 is 0 Å². The van der Waals surface area contributed by atoms with Crippen LogP contribution in [0.2, 0.25) is 0 Å². The van der Waals surface area contributed by atoms with E-state index in [0.29, 0.717) is 0 Å². The van der Waals surface area contributed by atoms with Crippen LogP contribution in [0.1, 0.15) is 51.4 Å². The summed E-state index contributed by atoms with van der Waals surface area (Å²) in [5.41, 5.74) is 1.02. The molecule has 1 aliphatic carbocycles. The lowest BCUT2D eigenvalue weighted by Gasteiger charge is -2.05. The van der Waals surface area contributed by atoms with Gasteiger partial charge in [0.15, 0.2) is 0 Å². The summed E-state index contributed by atoms with van der Waals surface area (Å²) in [4.78, 5) is 10.6. The van der Waals surface area contributed by atoms with Gasteiger partial charge in [-0.15, -0.1) is 0 Å². The number of carbonyl (C=O) groups excluding carboxylic acids is 1. The number of allylic oxidation sites excluding steroid dienone is 2. The van der Waals surface area contributed by atoms with E-state index in [1.165, 1.54) is 38.5 Å². The zero-order chi connectivity index (χ0) is 8.65. The highest BCUT2D eigenvalue weighted by molar-refractivity contribution is 5.72. The molecule has 0 aromatic carbocycles. The molecule has 0 saturated heterocycles. The van der Waals surface area contributed by atoms with Crippen LogP contribution >= 0.6 is 0 Å². The van der Waals surface area contributed by atoms with Crippen LogP contribution in [0.3, 0.4) is 0 Å². The molecule has 0 aromatic rings. The van der Waals surface area contributed by atoms with E-state index in [9.17, 15) is 4.79 Å². The normalized spacial score (nSPS) is 25.5. The van der Waals surface area contributed by atoms with Gasteiger partial charge in [-0.1, -0.05) is 31.8 Å². The van der Waals surface area contributed by atoms with Crippen molar-refractivity contribution in [3.63, 3.8) is 0 Å². The molecule has 0 saturated carbocycles. The van der Waals surface area contributed by atoms with Gasteiger partial charge in [-0.25, -0.2) is 0 Å². The molecule has 1 heteroatoms. The predicted molar refractivity (Wildman–Crippen MR) is 51.1 cm³/mol. The number of carbonyl (C=O) groups is 1. The minimum atomic E-state index is 1.00. The summed E-state index contributed by atoms with van der Waals surface area (Å²) in [6.07, 6.45) is 13.1. The third kappa shape index (κ3) is 3.70. The van der Waals surface area contributed by atoms with E-state index in [2.05, 4.69) is 6.08 Å². The highest BCUT2D eigenvalue weighted by Crippen LogP contribution is 2.15. The van der Waals surface area contributed by atoms with Crippen LogP contribution in [0.5, 0.6) is 0 Å². The molecule has 1 aliphatic rings. The molecular weight excluding hydrogens is 148 g/mol. The Balaban J connectivity index is 2.37. The summed E-state index contributed by atoms with van der Waals surface area (Å²) in [6, 6.07) is 0. The summed E-state index contributed by atoms with van der Waals surface area (Å²) in [5, 5.41) is 0. The van der Waals surface area contributed by atoms with Gasteiger partial charge in [-0.3, -0.25) is 4.79 Å². The lowest BCUT2D eigenvalue weighted by atomic mass is 10.0. The maximum absolute atomic E-state index is 10.6. The summed E-state index contributed by atoms with van der Waals surface area (Å²) in [7, 11) is 0. The molecule has 0 amide bonds. The zero-order valence-electron chi connectivity index (χ0n) is 7.72. The average molecular weight is 166 g/mol. The third-order valence-electron chi connectivity index (χ3n) is 2.48. The molecule has 1 nitrogen and oxygen atoms in total. The average Bonchev–Trinajstić information content (AvgIpc) is 2.14. The second-order valence-electron chi connectivity index (χ2n) is 3.56. The molecule has 68 valence electrons. The van der Waals surface area contributed by atoms with Crippen LogP contribution in [0.25, 0.3) is 0 Å². The largest absolute Gasteiger partial charge is 0.298 e. The van der Waals surface area contributed by atoms with Crippen molar-refractivity contribution < 1.29 is 4.79 Å². The number of aldehydes is 1. The van der Waals surface area contributed by atoms with E-state index >= 15 is 0 Å². The Morgan fingerprint density at radius 3 is 2.42 bits per heavy atom. The SMILES string of the molecule is O=C/C1=C/CCCCCCCC1. The van der Waals surface area contributed by atoms with Gasteiger partial charge in [0.2, 0.25) is 0 Å². The molecule has 0 bridgehead atoms. The number of hydrogen-bond acceptors (Lipinski definition) is 1. The lowest BCUT2D eigenvalue weighted by Crippen LogP contribution is -1.89. The summed E-state index contributed by atoms with van der Waals surface area (Å²) in [5.74, 6) is 0. The molecule has 12 heavy (non-hydrogen) atoms. The molecule has 0 fully saturated rings. The van der Waals surface area contributed by atoms with Crippen molar-refractivity contribution in [3.05, 3.63) is 11.6 Å². The first kappa shape index (κ1) is 9.50. The molecule has 0 N–H and O–H groups in total. The quantitative estimate of drug-likeness (QED) is 0.546. The minimum Gasteiger partial charge on any atom is -0.298 e. The fourth-order valence-electron chi connectivity index (χ4n) is 1.68. The highest BCUT2D eigenvalue weighted by Gasteiger charge is 1.98. The van der Waals surface area contributed by atoms with Crippen molar-refractivity contribution in [2.75, 3.05) is 0 Å². The van der Waals surface area contributed by atoms with Crippen LogP contribution in [-0.4, -0.2) is 6.29 Å².